The molecule has 82 valence electrons. The van der Waals surface area contributed by atoms with Crippen LogP contribution >= 0.6 is 15.9 Å². The van der Waals surface area contributed by atoms with Crippen LogP contribution in [0.15, 0.2) is 27.7 Å². The second-order valence-electron chi connectivity index (χ2n) is 3.03. The van der Waals surface area contributed by atoms with Gasteiger partial charge in [0.2, 0.25) is 0 Å². The van der Waals surface area contributed by atoms with Crippen molar-refractivity contribution in [3.63, 3.8) is 0 Å². The average molecular weight is 274 g/mol. The van der Waals surface area contributed by atoms with Crippen molar-refractivity contribution in [2.24, 2.45) is 10.7 Å². The molecule has 0 fully saturated rings. The minimum atomic E-state index is -0.249. The number of halogens is 2. The Morgan fingerprint density at radius 3 is 2.93 bits per heavy atom. The van der Waals surface area contributed by atoms with Gasteiger partial charge >= 0.3 is 0 Å². The van der Waals surface area contributed by atoms with E-state index in [2.05, 4.69) is 26.2 Å². The fourth-order valence-corrected chi connectivity index (χ4v) is 1.54. The smallest absolute Gasteiger partial charge is 0.188 e. The van der Waals surface area contributed by atoms with Crippen LogP contribution in [0.1, 0.15) is 5.56 Å². The van der Waals surface area contributed by atoms with E-state index in [1.54, 1.807) is 19.2 Å². The van der Waals surface area contributed by atoms with E-state index in [9.17, 15) is 4.39 Å². The van der Waals surface area contributed by atoms with Crippen LogP contribution in [0.3, 0.4) is 0 Å². The SMILES string of the molecule is CN=C(N)NCCc1ccc(F)c(Br)c1. The average Bonchev–Trinajstić information content (AvgIpc) is 2.23. The molecule has 0 saturated heterocycles. The van der Waals surface area contributed by atoms with Gasteiger partial charge in [-0.1, -0.05) is 6.07 Å². The standard InChI is InChI=1S/C10H13BrFN3/c1-14-10(13)15-5-4-7-2-3-9(12)8(11)6-7/h2-3,6H,4-5H2,1H3,(H3,13,14,15). The van der Waals surface area contributed by atoms with E-state index < -0.39 is 0 Å². The first kappa shape index (κ1) is 12.0. The Labute approximate surface area is 96.7 Å². The molecule has 15 heavy (non-hydrogen) atoms. The quantitative estimate of drug-likeness (QED) is 0.650. The normalized spacial score (nSPS) is 11.5. The zero-order chi connectivity index (χ0) is 11.3. The van der Waals surface area contributed by atoms with Crippen LogP contribution in [0.2, 0.25) is 0 Å². The lowest BCUT2D eigenvalue weighted by Crippen LogP contribution is -2.32. The van der Waals surface area contributed by atoms with Gasteiger partial charge in [0.25, 0.3) is 0 Å². The molecule has 0 aliphatic rings. The summed E-state index contributed by atoms with van der Waals surface area (Å²) < 4.78 is 13.4. The largest absolute Gasteiger partial charge is 0.370 e. The molecular weight excluding hydrogens is 261 g/mol. The van der Waals surface area contributed by atoms with Gasteiger partial charge in [0.1, 0.15) is 5.82 Å². The molecular formula is C10H13BrFN3. The number of rotatable bonds is 3. The van der Waals surface area contributed by atoms with Crippen molar-refractivity contribution in [2.75, 3.05) is 13.6 Å². The lowest BCUT2D eigenvalue weighted by molar-refractivity contribution is 0.620. The summed E-state index contributed by atoms with van der Waals surface area (Å²) in [6.45, 7) is 0.682. The third-order valence-corrected chi connectivity index (χ3v) is 2.55. The number of nitrogens with one attached hydrogen (secondary N) is 1. The summed E-state index contributed by atoms with van der Waals surface area (Å²) in [6.07, 6.45) is 0.773. The summed E-state index contributed by atoms with van der Waals surface area (Å²) in [6, 6.07) is 4.95. The number of nitrogens with two attached hydrogens (primary N) is 1. The lowest BCUT2D eigenvalue weighted by Gasteiger charge is -2.05. The van der Waals surface area contributed by atoms with Crippen LogP contribution in [0.25, 0.3) is 0 Å². The summed E-state index contributed by atoms with van der Waals surface area (Å²) >= 11 is 3.14. The first-order valence-electron chi connectivity index (χ1n) is 4.53. The van der Waals surface area contributed by atoms with Crippen LogP contribution < -0.4 is 11.1 Å². The number of aliphatic imine (C=N–C) groups is 1. The van der Waals surface area contributed by atoms with Crippen molar-refractivity contribution in [1.82, 2.24) is 5.32 Å². The number of guanidine groups is 1. The van der Waals surface area contributed by atoms with Crippen molar-refractivity contribution >= 4 is 21.9 Å². The molecule has 0 spiro atoms. The number of benzene rings is 1. The Morgan fingerprint density at radius 1 is 1.60 bits per heavy atom. The zero-order valence-corrected chi connectivity index (χ0v) is 10.0. The summed E-state index contributed by atoms with van der Waals surface area (Å²) in [5.74, 6) is 0.164. The maximum atomic E-state index is 12.9. The molecule has 0 atom stereocenters. The highest BCUT2D eigenvalue weighted by Gasteiger charge is 2.00. The van der Waals surface area contributed by atoms with Crippen molar-refractivity contribution in [2.45, 2.75) is 6.42 Å². The van der Waals surface area contributed by atoms with Crippen LogP contribution in [0.4, 0.5) is 4.39 Å². The molecule has 0 heterocycles. The van der Waals surface area contributed by atoms with E-state index >= 15 is 0 Å². The number of hydrogen-bond acceptors (Lipinski definition) is 1. The fraction of sp³-hybridized carbons (Fsp3) is 0.300. The molecule has 0 aromatic heterocycles. The second kappa shape index (κ2) is 5.70. The molecule has 0 aliphatic carbocycles. The first-order chi connectivity index (χ1) is 7.13. The number of hydrogen-bond donors (Lipinski definition) is 2. The minimum Gasteiger partial charge on any atom is -0.370 e. The highest BCUT2D eigenvalue weighted by molar-refractivity contribution is 9.10. The van der Waals surface area contributed by atoms with E-state index in [1.165, 1.54) is 6.07 Å². The minimum absolute atomic E-state index is 0.249. The van der Waals surface area contributed by atoms with Gasteiger partial charge in [-0.3, -0.25) is 4.99 Å². The van der Waals surface area contributed by atoms with Gasteiger partial charge in [0.05, 0.1) is 4.47 Å². The molecule has 5 heteroatoms. The molecule has 0 saturated carbocycles. The first-order valence-corrected chi connectivity index (χ1v) is 5.33. The molecule has 1 aromatic carbocycles. The van der Waals surface area contributed by atoms with Gasteiger partial charge in [-0.2, -0.15) is 0 Å². The van der Waals surface area contributed by atoms with Crippen LogP contribution in [-0.2, 0) is 6.42 Å². The van der Waals surface area contributed by atoms with E-state index in [-0.39, 0.29) is 5.82 Å². The Bertz CT molecular complexity index is 366. The van der Waals surface area contributed by atoms with Crippen LogP contribution in [0, 0.1) is 5.82 Å². The molecule has 0 radical (unpaired) electrons. The Morgan fingerprint density at radius 2 is 2.33 bits per heavy atom. The predicted octanol–water partition coefficient (Wildman–Crippen LogP) is 1.66. The molecule has 0 bridgehead atoms. The zero-order valence-electron chi connectivity index (χ0n) is 8.43. The second-order valence-corrected chi connectivity index (χ2v) is 3.89. The highest BCUT2D eigenvalue weighted by atomic mass is 79.9. The number of nitrogens with zero attached hydrogens (tertiary/aromatic N) is 1. The maximum Gasteiger partial charge on any atom is 0.188 e. The Kier molecular flexibility index (Phi) is 4.55. The highest BCUT2D eigenvalue weighted by Crippen LogP contribution is 2.16. The molecule has 0 amide bonds. The van der Waals surface area contributed by atoms with Gasteiger partial charge < -0.3 is 11.1 Å². The van der Waals surface area contributed by atoms with Crippen molar-refractivity contribution in [3.05, 3.63) is 34.1 Å². The van der Waals surface area contributed by atoms with E-state index in [0.717, 1.165) is 12.0 Å². The van der Waals surface area contributed by atoms with Crippen LogP contribution in [0.5, 0.6) is 0 Å². The third-order valence-electron chi connectivity index (χ3n) is 1.94. The van der Waals surface area contributed by atoms with Gasteiger partial charge in [-0.05, 0) is 40.0 Å². The van der Waals surface area contributed by atoms with E-state index in [0.29, 0.717) is 17.0 Å². The Balaban J connectivity index is 2.48. The maximum absolute atomic E-state index is 12.9. The summed E-state index contributed by atoms with van der Waals surface area (Å²) in [4.78, 5) is 3.77. The van der Waals surface area contributed by atoms with Gasteiger partial charge in [0.15, 0.2) is 5.96 Å². The molecule has 0 aliphatic heterocycles. The van der Waals surface area contributed by atoms with Gasteiger partial charge in [-0.25, -0.2) is 4.39 Å². The summed E-state index contributed by atoms with van der Waals surface area (Å²) in [7, 11) is 1.62. The summed E-state index contributed by atoms with van der Waals surface area (Å²) in [5.41, 5.74) is 6.50. The van der Waals surface area contributed by atoms with Crippen LogP contribution in [-0.4, -0.2) is 19.6 Å². The van der Waals surface area contributed by atoms with E-state index in [1.807, 2.05) is 0 Å². The van der Waals surface area contributed by atoms with Crippen molar-refractivity contribution in [1.29, 1.82) is 0 Å². The topological polar surface area (TPSA) is 50.4 Å². The van der Waals surface area contributed by atoms with Crippen molar-refractivity contribution < 1.29 is 4.39 Å². The van der Waals surface area contributed by atoms with Gasteiger partial charge in [-0.15, -0.1) is 0 Å². The van der Waals surface area contributed by atoms with E-state index in [4.69, 9.17) is 5.73 Å². The lowest BCUT2D eigenvalue weighted by atomic mass is 10.1. The van der Waals surface area contributed by atoms with Crippen molar-refractivity contribution in [3.8, 4) is 0 Å². The molecule has 0 unspecified atom stereocenters. The Hall–Kier alpha value is -1.10. The molecule has 1 rings (SSSR count). The van der Waals surface area contributed by atoms with Gasteiger partial charge in [0, 0.05) is 13.6 Å². The summed E-state index contributed by atoms with van der Waals surface area (Å²) in [5, 5.41) is 2.93. The monoisotopic (exact) mass is 273 g/mol. The molecule has 1 aromatic rings. The third kappa shape index (κ3) is 3.87. The fourth-order valence-electron chi connectivity index (χ4n) is 1.11. The molecule has 3 nitrogen and oxygen atoms in total. The molecule has 3 N–H and O–H groups in total. The predicted molar refractivity (Wildman–Crippen MR) is 63.4 cm³/mol.